The fourth-order valence-electron chi connectivity index (χ4n) is 2.32. The highest BCUT2D eigenvalue weighted by atomic mass is 16.5. The molecule has 0 aliphatic heterocycles. The van der Waals surface area contributed by atoms with Gasteiger partial charge in [-0.15, -0.1) is 10.2 Å². The number of carbonyl (C=O) groups excluding carboxylic acids is 2. The molecule has 3 aromatic rings. The highest BCUT2D eigenvalue weighted by Gasteiger charge is 2.15. The van der Waals surface area contributed by atoms with Gasteiger partial charge < -0.3 is 19.8 Å². The van der Waals surface area contributed by atoms with Crippen LogP contribution in [-0.4, -0.2) is 28.1 Å². The lowest BCUT2D eigenvalue weighted by Gasteiger charge is -2.15. The van der Waals surface area contributed by atoms with E-state index in [4.69, 9.17) is 9.15 Å². The second-order valence-electron chi connectivity index (χ2n) is 5.78. The molecule has 3 rings (SSSR count). The van der Waals surface area contributed by atoms with Crippen LogP contribution in [0, 0.1) is 0 Å². The van der Waals surface area contributed by atoms with E-state index in [1.54, 1.807) is 55.5 Å². The quantitative estimate of drug-likeness (QED) is 0.694. The van der Waals surface area contributed by atoms with Gasteiger partial charge in [0.2, 0.25) is 18.2 Å². The lowest BCUT2D eigenvalue weighted by molar-refractivity contribution is -0.122. The number of aromatic nitrogens is 2. The molecule has 138 valence electrons. The monoisotopic (exact) mass is 366 g/mol. The first-order valence-electron chi connectivity index (χ1n) is 8.23. The fraction of sp³-hybridized carbons (Fsp3) is 0.158. The number of ether oxygens (including phenoxy) is 1. The van der Waals surface area contributed by atoms with Gasteiger partial charge in [-0.1, -0.05) is 0 Å². The van der Waals surface area contributed by atoms with Crippen molar-refractivity contribution in [1.82, 2.24) is 10.2 Å². The van der Waals surface area contributed by atoms with Crippen molar-refractivity contribution >= 4 is 23.2 Å². The van der Waals surface area contributed by atoms with Gasteiger partial charge in [-0.05, 0) is 55.5 Å². The van der Waals surface area contributed by atoms with Gasteiger partial charge in [0.05, 0.1) is 0 Å². The predicted octanol–water partition coefficient (Wildman–Crippen LogP) is 3.10. The number of amides is 2. The minimum absolute atomic E-state index is 0.154. The number of benzene rings is 2. The Morgan fingerprint density at radius 1 is 1.00 bits per heavy atom. The molecule has 0 radical (unpaired) electrons. The van der Waals surface area contributed by atoms with Crippen LogP contribution in [0.1, 0.15) is 13.8 Å². The van der Waals surface area contributed by atoms with E-state index >= 15 is 0 Å². The molecule has 0 saturated heterocycles. The minimum Gasteiger partial charge on any atom is -0.481 e. The normalized spacial score (nSPS) is 11.5. The van der Waals surface area contributed by atoms with E-state index < -0.39 is 6.10 Å². The van der Waals surface area contributed by atoms with E-state index in [1.165, 1.54) is 13.3 Å². The van der Waals surface area contributed by atoms with Crippen LogP contribution in [0.15, 0.2) is 59.3 Å². The molecule has 1 atom stereocenters. The highest BCUT2D eigenvalue weighted by Crippen LogP contribution is 2.21. The molecule has 0 unspecified atom stereocenters. The maximum atomic E-state index is 12.3. The van der Waals surface area contributed by atoms with E-state index in [1.807, 2.05) is 0 Å². The van der Waals surface area contributed by atoms with Gasteiger partial charge in [0, 0.05) is 23.9 Å². The van der Waals surface area contributed by atoms with Crippen molar-refractivity contribution in [2.24, 2.45) is 0 Å². The molecule has 0 fully saturated rings. The van der Waals surface area contributed by atoms with Crippen molar-refractivity contribution < 1.29 is 18.7 Å². The molecule has 2 aromatic carbocycles. The van der Waals surface area contributed by atoms with Crippen molar-refractivity contribution in [3.05, 3.63) is 54.9 Å². The SMILES string of the molecule is CC(=O)Nc1ccc(NC(=O)[C@H](C)Oc2ccc(-c3nnco3)cc2)cc1. The first-order chi connectivity index (χ1) is 13.0. The van der Waals surface area contributed by atoms with Crippen LogP contribution in [0.2, 0.25) is 0 Å². The molecular formula is C19H18N4O4. The summed E-state index contributed by atoms with van der Waals surface area (Å²) in [6, 6.07) is 13.8. The van der Waals surface area contributed by atoms with Crippen LogP contribution in [0.4, 0.5) is 11.4 Å². The molecule has 0 aliphatic rings. The minimum atomic E-state index is -0.700. The van der Waals surface area contributed by atoms with Crippen LogP contribution in [0.3, 0.4) is 0 Å². The van der Waals surface area contributed by atoms with Gasteiger partial charge in [0.1, 0.15) is 5.75 Å². The number of rotatable bonds is 6. The number of nitrogens with zero attached hydrogens (tertiary/aromatic N) is 2. The van der Waals surface area contributed by atoms with Gasteiger partial charge in [0.15, 0.2) is 6.10 Å². The van der Waals surface area contributed by atoms with Crippen LogP contribution < -0.4 is 15.4 Å². The maximum Gasteiger partial charge on any atom is 0.265 e. The van der Waals surface area contributed by atoms with E-state index in [2.05, 4.69) is 20.8 Å². The van der Waals surface area contributed by atoms with Gasteiger partial charge in [-0.3, -0.25) is 9.59 Å². The molecule has 2 N–H and O–H groups in total. The zero-order valence-corrected chi connectivity index (χ0v) is 14.8. The molecule has 1 heterocycles. The summed E-state index contributed by atoms with van der Waals surface area (Å²) < 4.78 is 10.8. The van der Waals surface area contributed by atoms with Crippen LogP contribution >= 0.6 is 0 Å². The zero-order valence-electron chi connectivity index (χ0n) is 14.8. The summed E-state index contributed by atoms with van der Waals surface area (Å²) in [5.41, 5.74) is 2.03. The Kier molecular flexibility index (Phi) is 5.46. The Bertz CT molecular complexity index is 906. The molecule has 0 aliphatic carbocycles. The first-order valence-corrected chi connectivity index (χ1v) is 8.23. The predicted molar refractivity (Wildman–Crippen MR) is 99.2 cm³/mol. The average Bonchev–Trinajstić information content (AvgIpc) is 3.18. The average molecular weight is 366 g/mol. The molecule has 27 heavy (non-hydrogen) atoms. The molecule has 1 aromatic heterocycles. The summed E-state index contributed by atoms with van der Waals surface area (Å²) in [5.74, 6) is 0.513. The summed E-state index contributed by atoms with van der Waals surface area (Å²) in [6.45, 7) is 3.09. The summed E-state index contributed by atoms with van der Waals surface area (Å²) in [7, 11) is 0. The second kappa shape index (κ2) is 8.13. The standard InChI is InChI=1S/C19H18N4O4/c1-12(18(25)22-16-7-5-15(6-8-16)21-13(2)24)27-17-9-3-14(4-10-17)19-23-20-11-26-19/h3-12H,1-2H3,(H,21,24)(H,22,25)/t12-/m0/s1. The molecule has 8 heteroatoms. The van der Waals surface area contributed by atoms with Crippen LogP contribution in [-0.2, 0) is 9.59 Å². The summed E-state index contributed by atoms with van der Waals surface area (Å²) in [5, 5.41) is 12.9. The van der Waals surface area contributed by atoms with Crippen molar-refractivity contribution in [3.8, 4) is 17.2 Å². The largest absolute Gasteiger partial charge is 0.481 e. The van der Waals surface area contributed by atoms with Crippen molar-refractivity contribution in [2.45, 2.75) is 20.0 Å². The Hall–Kier alpha value is -3.68. The van der Waals surface area contributed by atoms with Gasteiger partial charge in [0.25, 0.3) is 5.91 Å². The Morgan fingerprint density at radius 2 is 1.63 bits per heavy atom. The van der Waals surface area contributed by atoms with E-state index in [-0.39, 0.29) is 11.8 Å². The topological polar surface area (TPSA) is 106 Å². The van der Waals surface area contributed by atoms with Gasteiger partial charge in [-0.25, -0.2) is 0 Å². The van der Waals surface area contributed by atoms with Gasteiger partial charge >= 0.3 is 0 Å². The lowest BCUT2D eigenvalue weighted by Crippen LogP contribution is -2.30. The van der Waals surface area contributed by atoms with Gasteiger partial charge in [-0.2, -0.15) is 0 Å². The number of carbonyl (C=O) groups is 2. The number of nitrogens with one attached hydrogen (secondary N) is 2. The summed E-state index contributed by atoms with van der Waals surface area (Å²) in [6.07, 6.45) is 0.559. The number of hydrogen-bond acceptors (Lipinski definition) is 6. The molecule has 0 saturated carbocycles. The number of hydrogen-bond donors (Lipinski definition) is 2. The highest BCUT2D eigenvalue weighted by molar-refractivity contribution is 5.94. The first kappa shape index (κ1) is 18.1. The molecule has 8 nitrogen and oxygen atoms in total. The van der Waals surface area contributed by atoms with E-state index in [0.717, 1.165) is 5.56 Å². The zero-order chi connectivity index (χ0) is 19.2. The molecular weight excluding hydrogens is 348 g/mol. The fourth-order valence-corrected chi connectivity index (χ4v) is 2.32. The number of anilines is 2. The third kappa shape index (κ3) is 4.91. The smallest absolute Gasteiger partial charge is 0.265 e. The molecule has 0 spiro atoms. The summed E-state index contributed by atoms with van der Waals surface area (Å²) in [4.78, 5) is 23.3. The third-order valence-electron chi connectivity index (χ3n) is 3.62. The third-order valence-corrected chi connectivity index (χ3v) is 3.62. The molecule has 0 bridgehead atoms. The van der Waals surface area contributed by atoms with E-state index in [0.29, 0.717) is 23.0 Å². The lowest BCUT2D eigenvalue weighted by atomic mass is 10.2. The summed E-state index contributed by atoms with van der Waals surface area (Å²) >= 11 is 0. The van der Waals surface area contributed by atoms with Crippen LogP contribution in [0.25, 0.3) is 11.5 Å². The molecule has 2 amide bonds. The Morgan fingerprint density at radius 3 is 2.19 bits per heavy atom. The van der Waals surface area contributed by atoms with Crippen molar-refractivity contribution in [1.29, 1.82) is 0 Å². The second-order valence-corrected chi connectivity index (χ2v) is 5.78. The maximum absolute atomic E-state index is 12.3. The van der Waals surface area contributed by atoms with Crippen molar-refractivity contribution in [2.75, 3.05) is 10.6 Å². The van der Waals surface area contributed by atoms with E-state index in [9.17, 15) is 9.59 Å². The Labute approximate surface area is 155 Å². The van der Waals surface area contributed by atoms with Crippen molar-refractivity contribution in [3.63, 3.8) is 0 Å². The Balaban J connectivity index is 1.56. The van der Waals surface area contributed by atoms with Crippen LogP contribution in [0.5, 0.6) is 5.75 Å².